The number of furan rings is 1. The van der Waals surface area contributed by atoms with E-state index < -0.39 is 0 Å². The minimum atomic E-state index is 0.898. The average molecular weight is 376 g/mol. The Hall–Kier alpha value is -1.32. The van der Waals surface area contributed by atoms with Crippen LogP contribution in [0.1, 0.15) is 0 Å². The van der Waals surface area contributed by atoms with Crippen molar-refractivity contribution in [2.45, 2.75) is 0 Å². The molecule has 3 aromatic carbocycles. The topological polar surface area (TPSA) is 13.1 Å². The molecule has 0 unspecified atom stereocenters. The summed E-state index contributed by atoms with van der Waals surface area (Å²) in [4.78, 5) is 0. The first-order valence-corrected chi connectivity index (χ1v) is 7.52. The van der Waals surface area contributed by atoms with Crippen molar-refractivity contribution in [1.82, 2.24) is 0 Å². The van der Waals surface area contributed by atoms with Crippen molar-refractivity contribution in [3.05, 3.63) is 57.5 Å². The molecule has 0 amide bonds. The van der Waals surface area contributed by atoms with Crippen molar-refractivity contribution in [1.29, 1.82) is 0 Å². The van der Waals surface area contributed by atoms with E-state index in [1.807, 2.05) is 12.1 Å². The number of benzene rings is 3. The lowest BCUT2D eigenvalue weighted by Gasteiger charge is -2.01. The molecule has 4 aromatic rings. The molecule has 0 aliphatic heterocycles. The van der Waals surface area contributed by atoms with Gasteiger partial charge in [0, 0.05) is 10.8 Å². The number of rotatable bonds is 0. The Labute approximate surface area is 126 Å². The predicted octanol–water partition coefficient (Wildman–Crippen LogP) is 6.26. The Morgan fingerprint density at radius 1 is 0.737 bits per heavy atom. The zero-order chi connectivity index (χ0) is 13.0. The van der Waals surface area contributed by atoms with Crippen LogP contribution in [0.25, 0.3) is 32.7 Å². The average Bonchev–Trinajstić information content (AvgIpc) is 2.81. The van der Waals surface area contributed by atoms with E-state index in [1.54, 1.807) is 0 Å². The number of hydrogen-bond acceptors (Lipinski definition) is 1. The van der Waals surface area contributed by atoms with Gasteiger partial charge in [-0.05, 0) is 54.8 Å². The van der Waals surface area contributed by atoms with Gasteiger partial charge >= 0.3 is 0 Å². The summed E-state index contributed by atoms with van der Waals surface area (Å²) in [7, 11) is 0. The largest absolute Gasteiger partial charge is 0.454 e. The maximum Gasteiger partial charge on any atom is 0.150 e. The van der Waals surface area contributed by atoms with Crippen LogP contribution in [0.2, 0.25) is 0 Å². The van der Waals surface area contributed by atoms with Crippen LogP contribution in [0.15, 0.2) is 61.9 Å². The molecule has 0 saturated carbocycles. The van der Waals surface area contributed by atoms with Crippen molar-refractivity contribution in [3.8, 4) is 0 Å². The molecule has 92 valence electrons. The second kappa shape index (κ2) is 4.09. The summed E-state index contributed by atoms with van der Waals surface area (Å²) in [5.74, 6) is 0. The highest BCUT2D eigenvalue weighted by atomic mass is 79.9. The fourth-order valence-electron chi connectivity index (χ4n) is 2.57. The van der Waals surface area contributed by atoms with Gasteiger partial charge in [0.15, 0.2) is 0 Å². The molecule has 0 radical (unpaired) electrons. The van der Waals surface area contributed by atoms with Crippen LogP contribution in [-0.4, -0.2) is 0 Å². The molecule has 19 heavy (non-hydrogen) atoms. The SMILES string of the molecule is Brc1cccc2c1oc1c(Br)cc3ccccc3c12. The first-order valence-electron chi connectivity index (χ1n) is 5.93. The summed E-state index contributed by atoms with van der Waals surface area (Å²) in [5, 5.41) is 4.74. The van der Waals surface area contributed by atoms with Crippen LogP contribution in [0, 0.1) is 0 Å². The highest BCUT2D eigenvalue weighted by Gasteiger charge is 2.14. The Morgan fingerprint density at radius 3 is 2.42 bits per heavy atom. The van der Waals surface area contributed by atoms with Gasteiger partial charge in [-0.15, -0.1) is 0 Å². The molecule has 0 N–H and O–H groups in total. The molecule has 3 heteroatoms. The van der Waals surface area contributed by atoms with Crippen LogP contribution >= 0.6 is 31.9 Å². The zero-order valence-electron chi connectivity index (χ0n) is 9.78. The first-order chi connectivity index (χ1) is 9.25. The van der Waals surface area contributed by atoms with Crippen LogP contribution < -0.4 is 0 Å². The van der Waals surface area contributed by atoms with Crippen molar-refractivity contribution >= 4 is 64.6 Å². The van der Waals surface area contributed by atoms with Crippen LogP contribution in [-0.2, 0) is 0 Å². The Bertz CT molecular complexity index is 938. The second-order valence-electron chi connectivity index (χ2n) is 4.50. The lowest BCUT2D eigenvalue weighted by molar-refractivity contribution is 0.665. The molecule has 0 atom stereocenters. The lowest BCUT2D eigenvalue weighted by Crippen LogP contribution is -1.75. The molecule has 0 saturated heterocycles. The first kappa shape index (κ1) is 11.5. The minimum Gasteiger partial charge on any atom is -0.454 e. The van der Waals surface area contributed by atoms with E-state index >= 15 is 0 Å². The van der Waals surface area contributed by atoms with Crippen molar-refractivity contribution in [2.24, 2.45) is 0 Å². The summed E-state index contributed by atoms with van der Waals surface area (Å²) in [6.07, 6.45) is 0. The van der Waals surface area contributed by atoms with E-state index in [-0.39, 0.29) is 0 Å². The van der Waals surface area contributed by atoms with Crippen molar-refractivity contribution in [3.63, 3.8) is 0 Å². The molecule has 0 aliphatic rings. The molecule has 1 heterocycles. The van der Waals surface area contributed by atoms with Gasteiger partial charge < -0.3 is 4.42 Å². The second-order valence-corrected chi connectivity index (χ2v) is 6.21. The summed E-state index contributed by atoms with van der Waals surface area (Å²) >= 11 is 7.17. The van der Waals surface area contributed by atoms with Crippen LogP contribution in [0.5, 0.6) is 0 Å². The molecule has 1 aromatic heterocycles. The fourth-order valence-corrected chi connectivity index (χ4v) is 3.55. The third-order valence-electron chi connectivity index (χ3n) is 3.40. The van der Waals surface area contributed by atoms with Gasteiger partial charge in [0.2, 0.25) is 0 Å². The van der Waals surface area contributed by atoms with Crippen molar-refractivity contribution in [2.75, 3.05) is 0 Å². The Kier molecular flexibility index (Phi) is 2.47. The van der Waals surface area contributed by atoms with Gasteiger partial charge in [-0.2, -0.15) is 0 Å². The van der Waals surface area contributed by atoms with E-state index in [0.717, 1.165) is 25.5 Å². The molecule has 4 rings (SSSR count). The maximum absolute atomic E-state index is 6.03. The molecule has 1 nitrogen and oxygen atoms in total. The van der Waals surface area contributed by atoms with E-state index in [9.17, 15) is 0 Å². The zero-order valence-corrected chi connectivity index (χ0v) is 13.0. The Morgan fingerprint density at radius 2 is 1.53 bits per heavy atom. The molecule has 0 aliphatic carbocycles. The highest BCUT2D eigenvalue weighted by Crippen LogP contribution is 2.40. The van der Waals surface area contributed by atoms with E-state index in [1.165, 1.54) is 16.2 Å². The van der Waals surface area contributed by atoms with E-state index in [2.05, 4.69) is 68.3 Å². The summed E-state index contributed by atoms with van der Waals surface area (Å²) in [6, 6.07) is 16.6. The quantitative estimate of drug-likeness (QED) is 0.353. The highest BCUT2D eigenvalue weighted by molar-refractivity contribution is 9.11. The molecule has 0 spiro atoms. The number of hydrogen-bond donors (Lipinski definition) is 0. The number of para-hydroxylation sites is 1. The van der Waals surface area contributed by atoms with Gasteiger partial charge in [-0.25, -0.2) is 0 Å². The summed E-state index contributed by atoms with van der Waals surface area (Å²) < 4.78 is 8.00. The Balaban J connectivity index is 2.40. The fraction of sp³-hybridized carbons (Fsp3) is 0. The van der Waals surface area contributed by atoms with Gasteiger partial charge in [0.1, 0.15) is 11.2 Å². The third kappa shape index (κ3) is 1.58. The monoisotopic (exact) mass is 374 g/mol. The summed E-state index contributed by atoms with van der Waals surface area (Å²) in [5.41, 5.74) is 1.80. The lowest BCUT2D eigenvalue weighted by atomic mass is 10.0. The predicted molar refractivity (Wildman–Crippen MR) is 86.6 cm³/mol. The number of halogens is 2. The standard InChI is InChI=1S/C16H8Br2O/c17-12-7-3-6-11-14-10-5-2-1-4-9(10)8-13(18)16(14)19-15(11)12/h1-8H. The normalized spacial score (nSPS) is 11.7. The van der Waals surface area contributed by atoms with Gasteiger partial charge in [-0.3, -0.25) is 0 Å². The minimum absolute atomic E-state index is 0.898. The number of fused-ring (bicyclic) bond motifs is 5. The van der Waals surface area contributed by atoms with Crippen LogP contribution in [0.4, 0.5) is 0 Å². The van der Waals surface area contributed by atoms with Crippen molar-refractivity contribution < 1.29 is 4.42 Å². The molecule has 0 fully saturated rings. The molecular formula is C16H8Br2O. The summed E-state index contributed by atoms with van der Waals surface area (Å²) in [6.45, 7) is 0. The van der Waals surface area contributed by atoms with Gasteiger partial charge in [0.25, 0.3) is 0 Å². The smallest absolute Gasteiger partial charge is 0.150 e. The van der Waals surface area contributed by atoms with E-state index in [0.29, 0.717) is 0 Å². The van der Waals surface area contributed by atoms with Gasteiger partial charge in [0.05, 0.1) is 8.95 Å². The van der Waals surface area contributed by atoms with Crippen LogP contribution in [0.3, 0.4) is 0 Å². The molecular weight excluding hydrogens is 368 g/mol. The molecule has 0 bridgehead atoms. The van der Waals surface area contributed by atoms with Gasteiger partial charge in [-0.1, -0.05) is 36.4 Å². The van der Waals surface area contributed by atoms with E-state index in [4.69, 9.17) is 4.42 Å². The maximum atomic E-state index is 6.03. The third-order valence-corrected chi connectivity index (χ3v) is 4.61.